The molecular weight excluding hydrogens is 372 g/mol. The summed E-state index contributed by atoms with van der Waals surface area (Å²) in [6.45, 7) is 3.20. The Morgan fingerprint density at radius 3 is 2.71 bits per heavy atom. The molecule has 3 aliphatic rings. The summed E-state index contributed by atoms with van der Waals surface area (Å²) < 4.78 is 11.8. The van der Waals surface area contributed by atoms with E-state index in [4.69, 9.17) is 19.4 Å². The van der Waals surface area contributed by atoms with Crippen molar-refractivity contribution >= 4 is 27.4 Å². The van der Waals surface area contributed by atoms with Crippen LogP contribution in [0.5, 0.6) is 0 Å². The van der Waals surface area contributed by atoms with E-state index in [2.05, 4.69) is 9.88 Å². The van der Waals surface area contributed by atoms with E-state index in [1.807, 2.05) is 29.7 Å². The zero-order valence-corrected chi connectivity index (χ0v) is 16.5. The lowest BCUT2D eigenvalue weighted by Crippen LogP contribution is -2.45. The molecule has 6 rings (SSSR count). The van der Waals surface area contributed by atoms with Gasteiger partial charge in [-0.15, -0.1) is 11.3 Å². The van der Waals surface area contributed by atoms with E-state index in [9.17, 15) is 0 Å². The van der Waals surface area contributed by atoms with Gasteiger partial charge in [0.2, 0.25) is 0 Å². The third-order valence-corrected chi connectivity index (χ3v) is 7.29. The van der Waals surface area contributed by atoms with Crippen molar-refractivity contribution in [1.29, 1.82) is 0 Å². The number of hydrogen-bond acceptors (Lipinski definition) is 7. The Labute approximate surface area is 167 Å². The number of piperidine rings is 1. The SMILES string of the molecule is c1cncc(-c2nc(N3CCC4(CC3)OCCO4)c3c4c(sc3n2)CCC4)c1. The van der Waals surface area contributed by atoms with Crippen LogP contribution in [0, 0.1) is 0 Å². The van der Waals surface area contributed by atoms with Crippen LogP contribution in [-0.2, 0) is 22.3 Å². The molecule has 28 heavy (non-hydrogen) atoms. The van der Waals surface area contributed by atoms with Gasteiger partial charge in [0.25, 0.3) is 0 Å². The summed E-state index contributed by atoms with van der Waals surface area (Å²) in [4.78, 5) is 19.3. The highest BCUT2D eigenvalue weighted by molar-refractivity contribution is 7.19. The molecule has 0 saturated carbocycles. The van der Waals surface area contributed by atoms with Crippen LogP contribution in [0.2, 0.25) is 0 Å². The molecule has 3 aromatic rings. The first-order valence-electron chi connectivity index (χ1n) is 10.1. The van der Waals surface area contributed by atoms with Gasteiger partial charge in [-0.3, -0.25) is 4.98 Å². The van der Waals surface area contributed by atoms with Crippen LogP contribution in [0.3, 0.4) is 0 Å². The summed E-state index contributed by atoms with van der Waals surface area (Å²) in [7, 11) is 0. The van der Waals surface area contributed by atoms with Crippen LogP contribution >= 0.6 is 11.3 Å². The molecule has 2 saturated heterocycles. The Balaban J connectivity index is 1.45. The molecule has 1 spiro atoms. The topological polar surface area (TPSA) is 60.4 Å². The molecule has 1 aliphatic carbocycles. The van der Waals surface area contributed by atoms with Gasteiger partial charge in [0.15, 0.2) is 11.6 Å². The smallest absolute Gasteiger partial charge is 0.171 e. The van der Waals surface area contributed by atoms with Crippen molar-refractivity contribution in [2.45, 2.75) is 37.9 Å². The maximum atomic E-state index is 5.92. The number of hydrogen-bond donors (Lipinski definition) is 0. The second kappa shape index (κ2) is 6.47. The number of aryl methyl sites for hydroxylation is 2. The summed E-state index contributed by atoms with van der Waals surface area (Å²) in [6, 6.07) is 3.97. The minimum Gasteiger partial charge on any atom is -0.356 e. The predicted molar refractivity (Wildman–Crippen MR) is 109 cm³/mol. The quantitative estimate of drug-likeness (QED) is 0.662. The standard InChI is InChI=1S/C21H22N4O2S/c1-4-15-16(5-1)28-20-17(15)19(23-18(24-20)14-3-2-8-22-13-14)25-9-6-21(7-10-25)26-11-12-27-21/h2-3,8,13H,1,4-7,9-12H2. The number of fused-ring (bicyclic) bond motifs is 3. The number of pyridine rings is 1. The van der Waals surface area contributed by atoms with Crippen LogP contribution in [0.25, 0.3) is 21.6 Å². The van der Waals surface area contributed by atoms with Crippen molar-refractivity contribution in [3.8, 4) is 11.4 Å². The molecule has 7 heteroatoms. The number of ether oxygens (including phenoxy) is 2. The lowest BCUT2D eigenvalue weighted by Gasteiger charge is -2.38. The van der Waals surface area contributed by atoms with Gasteiger partial charge in [0.1, 0.15) is 10.6 Å². The van der Waals surface area contributed by atoms with E-state index >= 15 is 0 Å². The molecule has 0 atom stereocenters. The molecule has 0 radical (unpaired) electrons. The van der Waals surface area contributed by atoms with Crippen molar-refractivity contribution in [3.63, 3.8) is 0 Å². The second-order valence-electron chi connectivity index (χ2n) is 7.74. The van der Waals surface area contributed by atoms with Crippen LogP contribution in [0.1, 0.15) is 29.7 Å². The van der Waals surface area contributed by atoms with Gasteiger partial charge in [0, 0.05) is 48.8 Å². The highest BCUT2D eigenvalue weighted by atomic mass is 32.1. The van der Waals surface area contributed by atoms with Gasteiger partial charge in [-0.25, -0.2) is 9.97 Å². The third-order valence-electron chi connectivity index (χ3n) is 6.10. The first-order chi connectivity index (χ1) is 13.8. The highest BCUT2D eigenvalue weighted by Crippen LogP contribution is 2.43. The van der Waals surface area contributed by atoms with Gasteiger partial charge < -0.3 is 14.4 Å². The minimum absolute atomic E-state index is 0.370. The highest BCUT2D eigenvalue weighted by Gasteiger charge is 2.40. The summed E-state index contributed by atoms with van der Waals surface area (Å²) in [6.07, 6.45) is 8.95. The van der Waals surface area contributed by atoms with Crippen molar-refractivity contribution in [3.05, 3.63) is 35.0 Å². The summed E-state index contributed by atoms with van der Waals surface area (Å²) in [5.41, 5.74) is 2.44. The maximum absolute atomic E-state index is 5.92. The molecule has 0 amide bonds. The first-order valence-corrected chi connectivity index (χ1v) is 10.9. The minimum atomic E-state index is -0.370. The van der Waals surface area contributed by atoms with Crippen molar-refractivity contribution in [2.24, 2.45) is 0 Å². The van der Waals surface area contributed by atoms with Crippen LogP contribution in [0.4, 0.5) is 5.82 Å². The van der Waals surface area contributed by atoms with Gasteiger partial charge in [0.05, 0.1) is 18.6 Å². The molecule has 5 heterocycles. The Hall–Kier alpha value is -2.09. The number of rotatable bonds is 2. The molecule has 3 aromatic heterocycles. The fourth-order valence-corrected chi connectivity index (χ4v) is 5.93. The zero-order valence-electron chi connectivity index (χ0n) is 15.7. The molecule has 2 aliphatic heterocycles. The average Bonchev–Trinajstić information content (AvgIpc) is 3.45. The normalized spacial score (nSPS) is 20.9. The molecule has 0 unspecified atom stereocenters. The number of nitrogens with zero attached hydrogens (tertiary/aromatic N) is 4. The number of thiophene rings is 1. The van der Waals surface area contributed by atoms with Crippen LogP contribution in [-0.4, -0.2) is 47.0 Å². The lowest BCUT2D eigenvalue weighted by atomic mass is 10.0. The fourth-order valence-electron chi connectivity index (χ4n) is 4.67. The fraction of sp³-hybridized carbons (Fsp3) is 0.476. The molecule has 0 aromatic carbocycles. The molecule has 0 bridgehead atoms. The third kappa shape index (κ3) is 2.64. The van der Waals surface area contributed by atoms with Gasteiger partial charge in [-0.2, -0.15) is 0 Å². The molecular formula is C21H22N4O2S. The van der Waals surface area contributed by atoms with Gasteiger partial charge in [-0.1, -0.05) is 0 Å². The Bertz CT molecular complexity index is 1020. The summed E-state index contributed by atoms with van der Waals surface area (Å²) in [5, 5.41) is 1.27. The van der Waals surface area contributed by atoms with Crippen molar-refractivity contribution < 1.29 is 9.47 Å². The zero-order chi connectivity index (χ0) is 18.6. The molecule has 6 nitrogen and oxygen atoms in total. The first kappa shape index (κ1) is 16.8. The van der Waals surface area contributed by atoms with E-state index < -0.39 is 0 Å². The van der Waals surface area contributed by atoms with Crippen LogP contribution < -0.4 is 4.90 Å². The van der Waals surface area contributed by atoms with E-state index in [0.29, 0.717) is 13.2 Å². The van der Waals surface area contributed by atoms with E-state index in [1.165, 1.54) is 28.7 Å². The van der Waals surface area contributed by atoms with E-state index in [1.54, 1.807) is 6.20 Å². The molecule has 0 N–H and O–H groups in total. The Morgan fingerprint density at radius 2 is 1.93 bits per heavy atom. The molecule has 144 valence electrons. The number of aromatic nitrogens is 3. The summed E-state index contributed by atoms with van der Waals surface area (Å²) in [5.74, 6) is 1.48. The number of anilines is 1. The Kier molecular flexibility index (Phi) is 3.89. The monoisotopic (exact) mass is 394 g/mol. The van der Waals surface area contributed by atoms with Crippen molar-refractivity contribution in [2.75, 3.05) is 31.2 Å². The average molecular weight is 395 g/mol. The van der Waals surface area contributed by atoms with Gasteiger partial charge >= 0.3 is 0 Å². The Morgan fingerprint density at radius 1 is 1.07 bits per heavy atom. The second-order valence-corrected chi connectivity index (χ2v) is 8.83. The van der Waals surface area contributed by atoms with Crippen molar-refractivity contribution in [1.82, 2.24) is 15.0 Å². The van der Waals surface area contributed by atoms with E-state index in [0.717, 1.165) is 54.4 Å². The summed E-state index contributed by atoms with van der Waals surface area (Å²) >= 11 is 1.84. The van der Waals surface area contributed by atoms with Crippen LogP contribution in [0.15, 0.2) is 24.5 Å². The molecule has 2 fully saturated rings. The van der Waals surface area contributed by atoms with E-state index in [-0.39, 0.29) is 5.79 Å². The van der Waals surface area contributed by atoms with Gasteiger partial charge in [-0.05, 0) is 37.0 Å². The lowest BCUT2D eigenvalue weighted by molar-refractivity contribution is -0.169. The predicted octanol–water partition coefficient (Wildman–Crippen LogP) is 3.59. The largest absolute Gasteiger partial charge is 0.356 e. The maximum Gasteiger partial charge on any atom is 0.171 e.